The van der Waals surface area contributed by atoms with Gasteiger partial charge in [0.15, 0.2) is 0 Å². The number of halogens is 1. The van der Waals surface area contributed by atoms with Gasteiger partial charge in [0.25, 0.3) is 11.5 Å². The second kappa shape index (κ2) is 8.44. The van der Waals surface area contributed by atoms with E-state index in [2.05, 4.69) is 15.4 Å². The van der Waals surface area contributed by atoms with Gasteiger partial charge < -0.3 is 10.1 Å². The number of hydrogen-bond acceptors (Lipinski definition) is 7. The van der Waals surface area contributed by atoms with Crippen LogP contribution in [0, 0.1) is 12.7 Å². The van der Waals surface area contributed by atoms with Gasteiger partial charge in [-0.1, -0.05) is 11.3 Å². The van der Waals surface area contributed by atoms with Crippen LogP contribution in [0.25, 0.3) is 4.96 Å². The molecule has 0 radical (unpaired) electrons. The Morgan fingerprint density at radius 2 is 1.77 bits per heavy atom. The molecule has 0 fully saturated rings. The maximum absolute atomic E-state index is 13.0. The molecule has 0 spiro atoms. The van der Waals surface area contributed by atoms with E-state index in [0.29, 0.717) is 26.9 Å². The molecule has 1 amide bonds. The number of nitrogens with one attached hydrogen (secondary N) is 1. The predicted octanol–water partition coefficient (Wildman–Crippen LogP) is 3.21. The summed E-state index contributed by atoms with van der Waals surface area (Å²) in [6, 6.07) is 12.5. The van der Waals surface area contributed by atoms with Gasteiger partial charge >= 0.3 is 5.97 Å². The normalized spacial score (nSPS) is 10.8. The third-order valence-corrected chi connectivity index (χ3v) is 5.06. The molecule has 0 aliphatic rings. The number of amides is 1. The monoisotopic (exact) mass is 438 g/mol. The molecule has 8 nitrogen and oxygen atoms in total. The number of benzene rings is 2. The summed E-state index contributed by atoms with van der Waals surface area (Å²) in [5, 5.41) is 7.42. The number of fused-ring (bicyclic) bond motifs is 1. The number of esters is 1. The molecule has 0 aliphatic carbocycles. The highest BCUT2D eigenvalue weighted by Gasteiger charge is 2.12. The summed E-state index contributed by atoms with van der Waals surface area (Å²) in [6.45, 7) is 1.61. The number of carbonyl (C=O) groups is 2. The van der Waals surface area contributed by atoms with Crippen molar-refractivity contribution in [1.29, 1.82) is 0 Å². The average molecular weight is 438 g/mol. The van der Waals surface area contributed by atoms with Gasteiger partial charge in [0.2, 0.25) is 4.96 Å². The fourth-order valence-corrected chi connectivity index (χ4v) is 3.51. The van der Waals surface area contributed by atoms with Crippen LogP contribution in [-0.4, -0.2) is 26.5 Å². The lowest BCUT2D eigenvalue weighted by atomic mass is 10.2. The second-order valence-electron chi connectivity index (χ2n) is 6.52. The number of hydrogen-bond donors (Lipinski definition) is 1. The molecule has 0 atom stereocenters. The van der Waals surface area contributed by atoms with Crippen molar-refractivity contribution in [2.24, 2.45) is 0 Å². The van der Waals surface area contributed by atoms with Gasteiger partial charge in [-0.25, -0.2) is 14.2 Å². The van der Waals surface area contributed by atoms with Crippen molar-refractivity contribution in [2.45, 2.75) is 13.5 Å². The minimum absolute atomic E-state index is 0.162. The molecule has 2 aromatic carbocycles. The SMILES string of the molecule is Cc1nn2c(=O)cc(COC(=O)c3ccc(NC(=O)c4ccc(F)cc4)cc3)nc2s1. The van der Waals surface area contributed by atoms with Crippen LogP contribution in [0.1, 0.15) is 31.4 Å². The van der Waals surface area contributed by atoms with Crippen molar-refractivity contribution in [1.82, 2.24) is 14.6 Å². The molecule has 2 aromatic heterocycles. The molecule has 0 unspecified atom stereocenters. The van der Waals surface area contributed by atoms with E-state index in [1.165, 1.54) is 58.3 Å². The summed E-state index contributed by atoms with van der Waals surface area (Å²) in [5.74, 6) is -1.43. The zero-order valence-corrected chi connectivity index (χ0v) is 17.0. The van der Waals surface area contributed by atoms with Crippen LogP contribution < -0.4 is 10.9 Å². The van der Waals surface area contributed by atoms with Gasteiger partial charge in [0.1, 0.15) is 17.4 Å². The quantitative estimate of drug-likeness (QED) is 0.480. The molecule has 31 heavy (non-hydrogen) atoms. The predicted molar refractivity (Wildman–Crippen MR) is 112 cm³/mol. The van der Waals surface area contributed by atoms with Crippen LogP contribution in [-0.2, 0) is 11.3 Å². The van der Waals surface area contributed by atoms with E-state index in [-0.39, 0.29) is 17.7 Å². The Bertz CT molecular complexity index is 1330. The van der Waals surface area contributed by atoms with Crippen LogP contribution in [0.15, 0.2) is 59.4 Å². The Labute approximate surface area is 178 Å². The van der Waals surface area contributed by atoms with E-state index in [1.807, 2.05) is 0 Å². The maximum atomic E-state index is 13.0. The smallest absolute Gasteiger partial charge is 0.338 e. The van der Waals surface area contributed by atoms with E-state index >= 15 is 0 Å². The zero-order chi connectivity index (χ0) is 22.0. The molecule has 4 aromatic rings. The lowest BCUT2D eigenvalue weighted by Gasteiger charge is -2.07. The molecule has 1 N–H and O–H groups in total. The Morgan fingerprint density at radius 1 is 1.10 bits per heavy atom. The third kappa shape index (κ3) is 4.64. The molecular weight excluding hydrogens is 423 g/mol. The van der Waals surface area contributed by atoms with Gasteiger partial charge in [-0.15, -0.1) is 0 Å². The van der Waals surface area contributed by atoms with Gasteiger partial charge in [0.05, 0.1) is 11.3 Å². The van der Waals surface area contributed by atoms with E-state index in [0.717, 1.165) is 0 Å². The number of anilines is 1. The Morgan fingerprint density at radius 3 is 2.48 bits per heavy atom. The Balaban J connectivity index is 1.38. The van der Waals surface area contributed by atoms with Crippen molar-refractivity contribution in [3.8, 4) is 0 Å². The van der Waals surface area contributed by atoms with Crippen LogP contribution in [0.4, 0.5) is 10.1 Å². The fourth-order valence-electron chi connectivity index (χ4n) is 2.74. The number of ether oxygens (including phenoxy) is 1. The number of aryl methyl sites for hydroxylation is 1. The maximum Gasteiger partial charge on any atom is 0.338 e. The summed E-state index contributed by atoms with van der Waals surface area (Å²) < 4.78 is 19.4. The third-order valence-electron chi connectivity index (χ3n) is 4.24. The standard InChI is InChI=1S/C21H15FN4O4S/c1-12-25-26-18(27)10-17(24-21(26)31-12)11-30-20(29)14-4-8-16(9-5-14)23-19(28)13-2-6-15(22)7-3-13/h2-10H,11H2,1H3,(H,23,28). The van der Waals surface area contributed by atoms with Crippen molar-refractivity contribution in [3.63, 3.8) is 0 Å². The van der Waals surface area contributed by atoms with Gasteiger partial charge in [-0.05, 0) is 55.5 Å². The van der Waals surface area contributed by atoms with Crippen LogP contribution >= 0.6 is 11.3 Å². The number of nitrogens with zero attached hydrogens (tertiary/aromatic N) is 3. The van der Waals surface area contributed by atoms with Gasteiger partial charge in [0, 0.05) is 17.3 Å². The molecule has 0 saturated heterocycles. The average Bonchev–Trinajstić information content (AvgIpc) is 3.14. The van der Waals surface area contributed by atoms with Crippen molar-refractivity contribution < 1.29 is 18.7 Å². The lowest BCUT2D eigenvalue weighted by Crippen LogP contribution is -2.16. The number of rotatable bonds is 5. The van der Waals surface area contributed by atoms with Crippen LogP contribution in [0.3, 0.4) is 0 Å². The molecular formula is C21H15FN4O4S. The van der Waals surface area contributed by atoms with Crippen LogP contribution in [0.2, 0.25) is 0 Å². The molecule has 156 valence electrons. The molecule has 4 rings (SSSR count). The molecule has 0 aliphatic heterocycles. The van der Waals surface area contributed by atoms with Gasteiger partial charge in [-0.2, -0.15) is 9.61 Å². The molecule has 0 saturated carbocycles. The highest BCUT2D eigenvalue weighted by atomic mass is 32.1. The molecule has 2 heterocycles. The fraction of sp³-hybridized carbons (Fsp3) is 0.0952. The second-order valence-corrected chi connectivity index (χ2v) is 7.68. The minimum atomic E-state index is -0.598. The molecule has 0 bridgehead atoms. The summed E-state index contributed by atoms with van der Waals surface area (Å²) in [5.41, 5.74) is 1.02. The summed E-state index contributed by atoms with van der Waals surface area (Å²) in [4.78, 5) is 41.2. The lowest BCUT2D eigenvalue weighted by molar-refractivity contribution is 0.0467. The first-order valence-electron chi connectivity index (χ1n) is 9.09. The highest BCUT2D eigenvalue weighted by Crippen LogP contribution is 2.14. The first-order chi connectivity index (χ1) is 14.9. The largest absolute Gasteiger partial charge is 0.456 e. The zero-order valence-electron chi connectivity index (χ0n) is 16.2. The number of carbonyl (C=O) groups excluding carboxylic acids is 2. The van der Waals surface area contributed by atoms with E-state index in [1.54, 1.807) is 19.1 Å². The van der Waals surface area contributed by atoms with Gasteiger partial charge in [-0.3, -0.25) is 9.59 Å². The van der Waals surface area contributed by atoms with Crippen LogP contribution in [0.5, 0.6) is 0 Å². The van der Waals surface area contributed by atoms with E-state index in [9.17, 15) is 18.8 Å². The summed E-state index contributed by atoms with van der Waals surface area (Å²) in [7, 11) is 0. The summed E-state index contributed by atoms with van der Waals surface area (Å²) in [6.07, 6.45) is 0. The van der Waals surface area contributed by atoms with Crippen molar-refractivity contribution in [2.75, 3.05) is 5.32 Å². The first-order valence-corrected chi connectivity index (χ1v) is 9.91. The first kappa shape index (κ1) is 20.4. The molecule has 10 heteroatoms. The highest BCUT2D eigenvalue weighted by molar-refractivity contribution is 7.16. The van der Waals surface area contributed by atoms with E-state index < -0.39 is 17.7 Å². The topological polar surface area (TPSA) is 103 Å². The Hall–Kier alpha value is -3.92. The minimum Gasteiger partial charge on any atom is -0.456 e. The van der Waals surface area contributed by atoms with Crippen molar-refractivity contribution >= 4 is 33.9 Å². The summed E-state index contributed by atoms with van der Waals surface area (Å²) >= 11 is 1.26. The van der Waals surface area contributed by atoms with Crippen molar-refractivity contribution in [3.05, 3.63) is 92.6 Å². The number of aromatic nitrogens is 3. The van der Waals surface area contributed by atoms with E-state index in [4.69, 9.17) is 4.74 Å². The Kier molecular flexibility index (Phi) is 5.54.